The lowest BCUT2D eigenvalue weighted by atomic mass is 10.3. The molecule has 0 aliphatic carbocycles. The van der Waals surface area contributed by atoms with Crippen LogP contribution in [0.1, 0.15) is 0 Å². The van der Waals surface area contributed by atoms with Gasteiger partial charge in [0, 0.05) is 0 Å². The van der Waals surface area contributed by atoms with Gasteiger partial charge < -0.3 is 9.30 Å². The average molecular weight is 226 g/mol. The van der Waals surface area contributed by atoms with E-state index in [4.69, 9.17) is 4.74 Å². The molecule has 0 heterocycles. The third kappa shape index (κ3) is 5.38. The van der Waals surface area contributed by atoms with Crippen molar-refractivity contribution in [2.45, 2.75) is 0 Å². The maximum atomic E-state index is 11.4. The number of ether oxygens (including phenoxy) is 1. The van der Waals surface area contributed by atoms with Crippen LogP contribution in [0.3, 0.4) is 0 Å². The van der Waals surface area contributed by atoms with E-state index in [1.165, 1.54) is 0 Å². The molecule has 0 aromatic heterocycles. The van der Waals surface area contributed by atoms with Crippen LogP contribution in [0.25, 0.3) is 0 Å². The Morgan fingerprint density at radius 1 is 1.27 bits per heavy atom. The first kappa shape index (κ1) is 12.0. The van der Waals surface area contributed by atoms with Crippen LogP contribution in [-0.4, -0.2) is 31.9 Å². The second-order valence-corrected chi connectivity index (χ2v) is 7.34. The van der Waals surface area contributed by atoms with E-state index in [0.717, 1.165) is 0 Å². The number of ketones is 1. The minimum Gasteiger partial charge on any atom is -0.486 e. The lowest BCUT2D eigenvalue weighted by Gasteiger charge is -2.07. The molecule has 0 amide bonds. The Morgan fingerprint density at radius 3 is 2.40 bits per heavy atom. The molecule has 0 bridgehead atoms. The van der Waals surface area contributed by atoms with E-state index in [-0.39, 0.29) is 18.6 Å². The van der Waals surface area contributed by atoms with E-state index in [1.54, 1.807) is 25.5 Å². The summed E-state index contributed by atoms with van der Waals surface area (Å²) >= 11 is 0. The highest BCUT2D eigenvalue weighted by Gasteiger charge is 2.14. The topological polar surface area (TPSA) is 43.4 Å². The number of hydrogen-bond acceptors (Lipinski definition) is 3. The second-order valence-electron chi connectivity index (χ2n) is 3.87. The Labute approximate surface area is 89.8 Å². The molecule has 1 aromatic carbocycles. The summed E-state index contributed by atoms with van der Waals surface area (Å²) in [5, 5.41) is 0. The van der Waals surface area contributed by atoms with E-state index in [0.29, 0.717) is 5.75 Å². The van der Waals surface area contributed by atoms with Crippen molar-refractivity contribution < 1.29 is 14.1 Å². The summed E-state index contributed by atoms with van der Waals surface area (Å²) in [6.45, 7) is 3.20. The van der Waals surface area contributed by atoms with Crippen LogP contribution in [0, 0.1) is 0 Å². The van der Waals surface area contributed by atoms with Gasteiger partial charge in [-0.05, 0) is 25.5 Å². The highest BCUT2D eigenvalue weighted by Crippen LogP contribution is 2.35. The molecule has 0 spiro atoms. The molecule has 0 aliphatic heterocycles. The molecule has 0 atom stereocenters. The first-order chi connectivity index (χ1) is 6.97. The van der Waals surface area contributed by atoms with Gasteiger partial charge >= 0.3 is 0 Å². The minimum absolute atomic E-state index is 0.00428. The zero-order valence-electron chi connectivity index (χ0n) is 8.97. The van der Waals surface area contributed by atoms with Crippen LogP contribution in [-0.2, 0) is 9.36 Å². The van der Waals surface area contributed by atoms with Gasteiger partial charge in [-0.1, -0.05) is 18.2 Å². The smallest absolute Gasteiger partial charge is 0.177 e. The number of hydrogen-bond donors (Lipinski definition) is 0. The maximum Gasteiger partial charge on any atom is 0.177 e. The van der Waals surface area contributed by atoms with Crippen LogP contribution in [0.4, 0.5) is 0 Å². The largest absolute Gasteiger partial charge is 0.486 e. The normalized spacial score (nSPS) is 11.1. The lowest BCUT2D eigenvalue weighted by molar-refractivity contribution is -0.118. The number of carbonyl (C=O) groups excluding carboxylic acids is 1. The SMILES string of the molecule is CP(C)(=O)CC(=O)COc1ccccc1. The van der Waals surface area contributed by atoms with E-state index in [2.05, 4.69) is 0 Å². The molecule has 3 nitrogen and oxygen atoms in total. The Kier molecular flexibility index (Phi) is 4.10. The summed E-state index contributed by atoms with van der Waals surface area (Å²) < 4.78 is 16.6. The Hall–Kier alpha value is -1.08. The van der Waals surface area contributed by atoms with Crippen molar-refractivity contribution in [3.63, 3.8) is 0 Å². The lowest BCUT2D eigenvalue weighted by Crippen LogP contribution is -2.15. The number of Topliss-reactive ketones (excluding diaryl/α,β-unsaturated/α-hetero) is 1. The first-order valence-corrected chi connectivity index (χ1v) is 7.49. The van der Waals surface area contributed by atoms with Crippen LogP contribution in [0.5, 0.6) is 5.75 Å². The third-order valence-electron chi connectivity index (χ3n) is 1.70. The summed E-state index contributed by atoms with van der Waals surface area (Å²) in [7, 11) is -2.27. The van der Waals surface area contributed by atoms with Crippen molar-refractivity contribution in [3.8, 4) is 5.75 Å². The molecule has 0 unspecified atom stereocenters. The number of para-hydroxylation sites is 1. The standard InChI is InChI=1S/C11H15O3P/c1-15(2,13)9-10(12)8-14-11-6-4-3-5-7-11/h3-7H,8-9H2,1-2H3. The van der Waals surface area contributed by atoms with E-state index in [9.17, 15) is 9.36 Å². The third-order valence-corrected chi connectivity index (χ3v) is 2.81. The predicted octanol–water partition coefficient (Wildman–Crippen LogP) is 2.26. The minimum atomic E-state index is -2.27. The van der Waals surface area contributed by atoms with Gasteiger partial charge in [0.2, 0.25) is 0 Å². The van der Waals surface area contributed by atoms with E-state index < -0.39 is 7.14 Å². The van der Waals surface area contributed by atoms with Crippen LogP contribution in [0.15, 0.2) is 30.3 Å². The van der Waals surface area contributed by atoms with Crippen molar-refractivity contribution in [3.05, 3.63) is 30.3 Å². The number of carbonyl (C=O) groups is 1. The summed E-state index contributed by atoms with van der Waals surface area (Å²) in [6.07, 6.45) is 0.111. The predicted molar refractivity (Wildman–Crippen MR) is 61.3 cm³/mol. The van der Waals surface area contributed by atoms with E-state index in [1.807, 2.05) is 18.2 Å². The summed E-state index contributed by atoms with van der Waals surface area (Å²) in [5.41, 5.74) is 0. The molecule has 1 aromatic rings. The fourth-order valence-corrected chi connectivity index (χ4v) is 2.09. The molecule has 0 aliphatic rings. The second kappa shape index (κ2) is 5.13. The number of rotatable bonds is 5. The molecular formula is C11H15O3P. The van der Waals surface area contributed by atoms with Gasteiger partial charge in [-0.3, -0.25) is 4.79 Å². The van der Waals surface area contributed by atoms with Crippen molar-refractivity contribution >= 4 is 12.9 Å². The Bertz CT molecular complexity index is 367. The fraction of sp³-hybridized carbons (Fsp3) is 0.364. The highest BCUT2D eigenvalue weighted by molar-refractivity contribution is 7.63. The summed E-state index contributed by atoms with van der Waals surface area (Å²) in [4.78, 5) is 11.3. The van der Waals surface area contributed by atoms with Crippen molar-refractivity contribution in [1.82, 2.24) is 0 Å². The van der Waals surface area contributed by atoms with Gasteiger partial charge in [0.25, 0.3) is 0 Å². The zero-order valence-corrected chi connectivity index (χ0v) is 9.87. The molecule has 0 radical (unpaired) electrons. The molecule has 1 rings (SSSR count). The molecule has 4 heteroatoms. The zero-order chi connectivity index (χ0) is 11.3. The molecular weight excluding hydrogens is 211 g/mol. The van der Waals surface area contributed by atoms with Gasteiger partial charge in [0.1, 0.15) is 12.4 Å². The molecule has 0 N–H and O–H groups in total. The first-order valence-electron chi connectivity index (χ1n) is 4.71. The van der Waals surface area contributed by atoms with Crippen molar-refractivity contribution in [1.29, 1.82) is 0 Å². The average Bonchev–Trinajstić information content (AvgIpc) is 2.14. The van der Waals surface area contributed by atoms with Gasteiger partial charge in [0.15, 0.2) is 5.78 Å². The van der Waals surface area contributed by atoms with Crippen molar-refractivity contribution in [2.75, 3.05) is 26.1 Å². The molecule has 0 saturated heterocycles. The Balaban J connectivity index is 2.39. The molecule has 0 fully saturated rings. The van der Waals surface area contributed by atoms with Crippen LogP contribution < -0.4 is 4.74 Å². The molecule has 15 heavy (non-hydrogen) atoms. The molecule has 82 valence electrons. The van der Waals surface area contributed by atoms with Crippen LogP contribution in [0.2, 0.25) is 0 Å². The molecule has 0 saturated carbocycles. The van der Waals surface area contributed by atoms with Gasteiger partial charge in [-0.25, -0.2) is 0 Å². The monoisotopic (exact) mass is 226 g/mol. The fourth-order valence-electron chi connectivity index (χ4n) is 1.15. The van der Waals surface area contributed by atoms with E-state index >= 15 is 0 Å². The maximum absolute atomic E-state index is 11.4. The summed E-state index contributed by atoms with van der Waals surface area (Å²) in [6, 6.07) is 9.12. The van der Waals surface area contributed by atoms with Gasteiger partial charge in [0.05, 0.1) is 13.3 Å². The van der Waals surface area contributed by atoms with Gasteiger partial charge in [-0.15, -0.1) is 0 Å². The highest BCUT2D eigenvalue weighted by atomic mass is 31.2. The van der Waals surface area contributed by atoms with Crippen LogP contribution >= 0.6 is 7.14 Å². The number of benzene rings is 1. The summed E-state index contributed by atoms with van der Waals surface area (Å²) in [5.74, 6) is 0.542. The quantitative estimate of drug-likeness (QED) is 0.723. The van der Waals surface area contributed by atoms with Gasteiger partial charge in [-0.2, -0.15) is 0 Å². The van der Waals surface area contributed by atoms with Crippen molar-refractivity contribution in [2.24, 2.45) is 0 Å². The Morgan fingerprint density at radius 2 is 1.87 bits per heavy atom.